The average molecular weight is 1060 g/mol. The van der Waals surface area contributed by atoms with Crippen LogP contribution in [0.3, 0.4) is 0 Å². The summed E-state index contributed by atoms with van der Waals surface area (Å²) in [7, 11) is 1.48. The Morgan fingerprint density at radius 3 is 1.35 bits per heavy atom. The zero-order chi connectivity index (χ0) is 54.3. The van der Waals surface area contributed by atoms with Crippen LogP contribution in [0.1, 0.15) is 258 Å². The molecule has 0 aromatic rings. The second kappa shape index (κ2) is 53.6. The predicted molar refractivity (Wildman–Crippen MR) is 318 cm³/mol. The average Bonchev–Trinajstić information content (AvgIpc) is 3.36. The number of carbonyl (C=O) groups excluding carboxylic acids is 2. The normalized spacial score (nSPS) is 14.3. The molecular weight excluding hydrogens is 940 g/mol. The van der Waals surface area contributed by atoms with E-state index in [1.807, 2.05) is 33.3 Å². The lowest BCUT2D eigenvalue weighted by atomic mass is 10.0. The van der Waals surface area contributed by atoms with E-state index in [9.17, 15) is 19.0 Å². The molecule has 0 aliphatic carbocycles. The Morgan fingerprint density at radius 2 is 0.878 bits per heavy atom. The molecule has 3 atom stereocenters. The molecule has 0 fully saturated rings. The smallest absolute Gasteiger partial charge is 0.456 e. The van der Waals surface area contributed by atoms with E-state index in [1.165, 1.54) is 96.3 Å². The van der Waals surface area contributed by atoms with Crippen LogP contribution in [-0.4, -0.2) is 74.3 Å². The minimum atomic E-state index is -4.45. The Morgan fingerprint density at radius 1 is 0.486 bits per heavy atom. The van der Waals surface area contributed by atoms with Crippen molar-refractivity contribution in [3.8, 4) is 0 Å². The van der Waals surface area contributed by atoms with E-state index < -0.39 is 20.0 Å². The van der Waals surface area contributed by atoms with Crippen molar-refractivity contribution in [2.45, 2.75) is 270 Å². The maximum absolute atomic E-state index is 13.5. The molecule has 1 amide bonds. The molecule has 0 heterocycles. The number of amides is 1. The Bertz CT molecular complexity index is 1540. The Labute approximate surface area is 456 Å². The van der Waals surface area contributed by atoms with Gasteiger partial charge in [-0.2, -0.15) is 0 Å². The molecule has 2 N–H and O–H groups in total. The number of hydrogen-bond acceptors (Lipinski definition) is 6. The van der Waals surface area contributed by atoms with E-state index in [0.29, 0.717) is 17.4 Å². The van der Waals surface area contributed by atoms with E-state index in [0.717, 1.165) is 128 Å². The van der Waals surface area contributed by atoms with Gasteiger partial charge < -0.3 is 19.4 Å². The van der Waals surface area contributed by atoms with Crippen LogP contribution in [0.25, 0.3) is 0 Å². The lowest BCUT2D eigenvalue weighted by Crippen LogP contribution is -2.47. The van der Waals surface area contributed by atoms with Crippen LogP contribution in [0.15, 0.2) is 85.1 Å². The second-order valence-electron chi connectivity index (χ2n) is 21.5. The maximum atomic E-state index is 13.5. The molecule has 0 aromatic carbocycles. The molecular formula is C64H116N2O7P+. The van der Waals surface area contributed by atoms with Crippen molar-refractivity contribution in [2.24, 2.45) is 0 Å². The number of nitrogens with zero attached hydrogens (tertiary/aromatic N) is 1. The number of likely N-dealkylation sites (N-methyl/N-ethyl adjacent to an activating group) is 1. The van der Waals surface area contributed by atoms with Crippen LogP contribution < -0.4 is 5.32 Å². The molecule has 0 radical (unpaired) electrons. The van der Waals surface area contributed by atoms with Gasteiger partial charge in [0.2, 0.25) is 5.91 Å². The van der Waals surface area contributed by atoms with Gasteiger partial charge >= 0.3 is 13.8 Å². The van der Waals surface area contributed by atoms with Crippen molar-refractivity contribution in [2.75, 3.05) is 40.9 Å². The first-order valence-corrected chi connectivity index (χ1v) is 31.9. The third kappa shape index (κ3) is 54.0. The molecule has 0 aliphatic rings. The highest BCUT2D eigenvalue weighted by Crippen LogP contribution is 2.43. The van der Waals surface area contributed by atoms with E-state index in [-0.39, 0.29) is 31.5 Å². The Hall–Kier alpha value is -2.81. The van der Waals surface area contributed by atoms with Crippen LogP contribution in [0.2, 0.25) is 0 Å². The first kappa shape index (κ1) is 71.2. The number of esters is 1. The molecule has 74 heavy (non-hydrogen) atoms. The van der Waals surface area contributed by atoms with Gasteiger partial charge in [-0.25, -0.2) is 4.57 Å². The zero-order valence-electron chi connectivity index (χ0n) is 48.8. The van der Waals surface area contributed by atoms with Crippen molar-refractivity contribution >= 4 is 19.7 Å². The molecule has 0 aliphatic heterocycles. The van der Waals surface area contributed by atoms with Crippen LogP contribution >= 0.6 is 7.82 Å². The number of carbonyl (C=O) groups is 2. The van der Waals surface area contributed by atoms with Crippen LogP contribution in [-0.2, 0) is 27.9 Å². The molecule has 9 nitrogen and oxygen atoms in total. The highest BCUT2D eigenvalue weighted by atomic mass is 31.2. The number of hydrogen-bond donors (Lipinski definition) is 2. The van der Waals surface area contributed by atoms with Crippen molar-refractivity contribution in [1.29, 1.82) is 0 Å². The number of nitrogens with one attached hydrogen (secondary N) is 1. The summed E-state index contributed by atoms with van der Waals surface area (Å²) >= 11 is 0. The molecule has 10 heteroatoms. The maximum Gasteiger partial charge on any atom is 0.472 e. The standard InChI is InChI=1S/C64H115N2O7P/c1-7-10-13-16-19-22-25-27-28-29-30-31-32-33-34-35-36-37-38-39-42-44-47-50-53-56-63(67)65-61(60-72-74(69,70)71-59-58-66(4,5)6)62(55-52-49-46-43-41-26-23-20-17-14-11-8-2)73-64(68)57-54-51-48-45-40-24-21-18-15-12-9-3/h10,13,18-19,21-22,27-28,30-31,33-34,52,55,61-62H,7-9,11-12,14-17,20,23-26,29,32,35-51,53-54,56-60H2,1-6H3,(H-,65,67,69,70)/p+1/b13-10-,21-18-,22-19-,28-27-,31-30-,34-33-,55-52-. The third-order valence-electron chi connectivity index (χ3n) is 13.1. The highest BCUT2D eigenvalue weighted by Gasteiger charge is 2.30. The van der Waals surface area contributed by atoms with Gasteiger partial charge in [0.1, 0.15) is 19.3 Å². The molecule has 0 saturated carbocycles. The lowest BCUT2D eigenvalue weighted by Gasteiger charge is -2.27. The van der Waals surface area contributed by atoms with Gasteiger partial charge in [-0.05, 0) is 96.0 Å². The fourth-order valence-electron chi connectivity index (χ4n) is 8.36. The van der Waals surface area contributed by atoms with Gasteiger partial charge in [0.15, 0.2) is 0 Å². The molecule has 3 unspecified atom stereocenters. The van der Waals surface area contributed by atoms with Gasteiger partial charge in [0.05, 0.1) is 33.8 Å². The van der Waals surface area contributed by atoms with Gasteiger partial charge in [-0.1, -0.05) is 235 Å². The molecule has 0 aromatic heterocycles. The minimum Gasteiger partial charge on any atom is -0.456 e. The summed E-state index contributed by atoms with van der Waals surface area (Å²) in [6, 6.07) is -0.857. The monoisotopic (exact) mass is 1060 g/mol. The first-order valence-electron chi connectivity index (χ1n) is 30.4. The number of ether oxygens (including phenoxy) is 1. The SMILES string of the molecule is CC/C=C\C/C=C\C/C=C\C/C=C\C/C=C\CCCCCCCCCCCC(=O)NC(COP(=O)(O)OCC[N+](C)(C)C)C(/C=C\CCCCCCCCCCCC)OC(=O)CCCCCCC/C=C\CCCC. The summed E-state index contributed by atoms with van der Waals surface area (Å²) in [4.78, 5) is 37.6. The van der Waals surface area contributed by atoms with Gasteiger partial charge in [-0.15, -0.1) is 0 Å². The summed E-state index contributed by atoms with van der Waals surface area (Å²) in [5.41, 5.74) is 0. The largest absolute Gasteiger partial charge is 0.472 e. The Kier molecular flexibility index (Phi) is 51.5. The van der Waals surface area contributed by atoms with E-state index in [4.69, 9.17) is 13.8 Å². The van der Waals surface area contributed by atoms with Crippen molar-refractivity contribution in [3.05, 3.63) is 85.1 Å². The van der Waals surface area contributed by atoms with Crippen molar-refractivity contribution in [3.63, 3.8) is 0 Å². The number of unbranched alkanes of at least 4 members (excludes halogenated alkanes) is 26. The zero-order valence-corrected chi connectivity index (χ0v) is 49.7. The summed E-state index contributed by atoms with van der Waals surface area (Å²) in [6.45, 7) is 6.84. The highest BCUT2D eigenvalue weighted by molar-refractivity contribution is 7.47. The number of rotatable bonds is 54. The quantitative estimate of drug-likeness (QED) is 0.0205. The van der Waals surface area contributed by atoms with Crippen LogP contribution in [0.4, 0.5) is 0 Å². The molecule has 0 spiro atoms. The van der Waals surface area contributed by atoms with Gasteiger partial charge in [0, 0.05) is 12.8 Å². The van der Waals surface area contributed by atoms with Crippen LogP contribution in [0, 0.1) is 0 Å². The second-order valence-corrected chi connectivity index (χ2v) is 22.9. The number of phosphoric acid groups is 1. The van der Waals surface area contributed by atoms with E-state index in [1.54, 1.807) is 0 Å². The van der Waals surface area contributed by atoms with Gasteiger partial charge in [-0.3, -0.25) is 18.6 Å². The van der Waals surface area contributed by atoms with Gasteiger partial charge in [0.25, 0.3) is 0 Å². The van der Waals surface area contributed by atoms with Crippen molar-refractivity contribution in [1.82, 2.24) is 5.32 Å². The first-order chi connectivity index (χ1) is 35.9. The third-order valence-corrected chi connectivity index (χ3v) is 14.1. The van der Waals surface area contributed by atoms with E-state index in [2.05, 4.69) is 99.0 Å². The summed E-state index contributed by atoms with van der Waals surface area (Å²) in [5.74, 6) is -0.525. The van der Waals surface area contributed by atoms with Crippen molar-refractivity contribution < 1.29 is 37.3 Å². The molecule has 0 rings (SSSR count). The fraction of sp³-hybridized carbons (Fsp3) is 0.750. The number of quaternary nitrogens is 1. The molecule has 0 saturated heterocycles. The number of allylic oxidation sites excluding steroid dienone is 13. The fourth-order valence-corrected chi connectivity index (χ4v) is 9.09. The molecule has 0 bridgehead atoms. The summed E-state index contributed by atoms with van der Waals surface area (Å²) < 4.78 is 30.6. The predicted octanol–water partition coefficient (Wildman–Crippen LogP) is 18.6. The summed E-state index contributed by atoms with van der Waals surface area (Å²) in [6.07, 6.45) is 70.1. The number of phosphoric ester groups is 1. The lowest BCUT2D eigenvalue weighted by molar-refractivity contribution is -0.870. The summed E-state index contributed by atoms with van der Waals surface area (Å²) in [5, 5.41) is 3.05. The van der Waals surface area contributed by atoms with Crippen LogP contribution in [0.5, 0.6) is 0 Å². The van der Waals surface area contributed by atoms with E-state index >= 15 is 0 Å². The minimum absolute atomic E-state index is 0.0347. The molecule has 428 valence electrons. The Balaban J connectivity index is 5.14. The topological polar surface area (TPSA) is 111 Å².